The third-order valence-corrected chi connectivity index (χ3v) is 3.61. The number of benzene rings is 2. The highest BCUT2D eigenvalue weighted by atomic mass is 79.9. The van der Waals surface area contributed by atoms with E-state index in [0.717, 1.165) is 12.1 Å². The molecule has 0 bridgehead atoms. The number of halogens is 3. The second kappa shape index (κ2) is 5.03. The molecule has 1 aliphatic rings. The molecule has 1 atom stereocenters. The molecular weight excluding hydrogens is 334 g/mol. The smallest absolute Gasteiger partial charge is 0.231 e. The zero-order valence-electron chi connectivity index (χ0n) is 10.1. The number of fused-ring (bicyclic) bond motifs is 1. The summed E-state index contributed by atoms with van der Waals surface area (Å²) in [6.45, 7) is 0.0956. The van der Waals surface area contributed by atoms with Crippen molar-refractivity contribution in [2.45, 2.75) is 6.10 Å². The van der Waals surface area contributed by atoms with Crippen LogP contribution in [0.3, 0.4) is 0 Å². The van der Waals surface area contributed by atoms with Crippen molar-refractivity contribution in [3.05, 3.63) is 57.6 Å². The molecule has 0 amide bonds. The Kier molecular flexibility index (Phi) is 3.35. The van der Waals surface area contributed by atoms with Gasteiger partial charge in [-0.1, -0.05) is 6.07 Å². The predicted octanol–water partition coefficient (Wildman–Crippen LogP) is 3.54. The first-order chi connectivity index (χ1) is 9.56. The maximum atomic E-state index is 13.7. The monoisotopic (exact) mass is 342 g/mol. The maximum Gasteiger partial charge on any atom is 0.231 e. The number of aliphatic hydroxyl groups excluding tert-OH is 1. The highest BCUT2D eigenvalue weighted by Gasteiger charge is 2.22. The molecule has 0 fully saturated rings. The van der Waals surface area contributed by atoms with E-state index < -0.39 is 17.7 Å². The molecule has 1 unspecified atom stereocenters. The minimum atomic E-state index is -1.22. The average molecular weight is 343 g/mol. The van der Waals surface area contributed by atoms with Crippen LogP contribution < -0.4 is 9.47 Å². The van der Waals surface area contributed by atoms with Crippen molar-refractivity contribution < 1.29 is 23.4 Å². The highest BCUT2D eigenvalue weighted by molar-refractivity contribution is 9.10. The van der Waals surface area contributed by atoms with Gasteiger partial charge in [0.25, 0.3) is 0 Å². The molecule has 1 aliphatic heterocycles. The Hall–Kier alpha value is -1.66. The molecule has 1 N–H and O–H groups in total. The van der Waals surface area contributed by atoms with Crippen LogP contribution in [0.2, 0.25) is 0 Å². The summed E-state index contributed by atoms with van der Waals surface area (Å²) in [5.74, 6) is -0.479. The van der Waals surface area contributed by atoms with Crippen LogP contribution in [0.1, 0.15) is 17.2 Å². The van der Waals surface area contributed by atoms with Gasteiger partial charge < -0.3 is 14.6 Å². The molecule has 0 aliphatic carbocycles. The van der Waals surface area contributed by atoms with E-state index >= 15 is 0 Å². The van der Waals surface area contributed by atoms with Gasteiger partial charge in [-0.15, -0.1) is 0 Å². The first-order valence-corrected chi connectivity index (χ1v) is 6.57. The second-order valence-corrected chi connectivity index (χ2v) is 5.16. The Morgan fingerprint density at radius 1 is 1.15 bits per heavy atom. The van der Waals surface area contributed by atoms with E-state index in [1.807, 2.05) is 0 Å². The largest absolute Gasteiger partial charge is 0.454 e. The molecule has 2 aromatic carbocycles. The van der Waals surface area contributed by atoms with E-state index in [4.69, 9.17) is 9.47 Å². The fourth-order valence-corrected chi connectivity index (χ4v) is 2.62. The Labute approximate surface area is 121 Å². The topological polar surface area (TPSA) is 38.7 Å². The molecular formula is C14H9BrF2O3. The molecule has 1 heterocycles. The summed E-state index contributed by atoms with van der Waals surface area (Å²) < 4.78 is 37.7. The third kappa shape index (κ3) is 2.25. The van der Waals surface area contributed by atoms with Gasteiger partial charge in [0, 0.05) is 11.6 Å². The fraction of sp³-hybridized carbons (Fsp3) is 0.143. The normalized spacial score (nSPS) is 14.4. The zero-order valence-corrected chi connectivity index (χ0v) is 11.7. The molecule has 0 spiro atoms. The van der Waals surface area contributed by atoms with Crippen LogP contribution in [-0.4, -0.2) is 11.9 Å². The zero-order chi connectivity index (χ0) is 14.3. The van der Waals surface area contributed by atoms with Gasteiger partial charge in [-0.3, -0.25) is 0 Å². The first-order valence-electron chi connectivity index (χ1n) is 5.78. The van der Waals surface area contributed by atoms with E-state index in [1.54, 1.807) is 12.1 Å². The molecule has 20 heavy (non-hydrogen) atoms. The lowest BCUT2D eigenvalue weighted by Gasteiger charge is -2.14. The molecule has 0 saturated heterocycles. The van der Waals surface area contributed by atoms with Crippen molar-refractivity contribution in [2.24, 2.45) is 0 Å². The Morgan fingerprint density at radius 3 is 2.70 bits per heavy atom. The molecule has 0 saturated carbocycles. The van der Waals surface area contributed by atoms with Crippen LogP contribution in [0.15, 0.2) is 34.8 Å². The first kappa shape index (κ1) is 13.3. The summed E-state index contributed by atoms with van der Waals surface area (Å²) in [4.78, 5) is 0. The fourth-order valence-electron chi connectivity index (χ4n) is 2.05. The van der Waals surface area contributed by atoms with Crippen LogP contribution in [0.25, 0.3) is 0 Å². The van der Waals surface area contributed by atoms with Crippen molar-refractivity contribution >= 4 is 15.9 Å². The van der Waals surface area contributed by atoms with E-state index in [1.165, 1.54) is 6.07 Å². The van der Waals surface area contributed by atoms with Crippen molar-refractivity contribution in [1.82, 2.24) is 0 Å². The van der Waals surface area contributed by atoms with E-state index in [2.05, 4.69) is 15.9 Å². The van der Waals surface area contributed by atoms with Crippen molar-refractivity contribution in [3.63, 3.8) is 0 Å². The Morgan fingerprint density at radius 2 is 1.95 bits per heavy atom. The Bertz CT molecular complexity index is 676. The standard InChI is InChI=1S/C14H9BrF2O3/c15-10-3-7(4-12-14(10)20-6-19-12)13(18)9-2-1-8(16)5-11(9)17/h1-5,13,18H,6H2. The quantitative estimate of drug-likeness (QED) is 0.907. The SMILES string of the molecule is OC(c1cc(Br)c2c(c1)OCO2)c1ccc(F)cc1F. The van der Waals surface area contributed by atoms with E-state index in [0.29, 0.717) is 21.5 Å². The van der Waals surface area contributed by atoms with Gasteiger partial charge in [0.2, 0.25) is 6.79 Å². The van der Waals surface area contributed by atoms with Gasteiger partial charge in [0.15, 0.2) is 11.5 Å². The number of ether oxygens (including phenoxy) is 2. The molecule has 104 valence electrons. The lowest BCUT2D eigenvalue weighted by atomic mass is 10.0. The van der Waals surface area contributed by atoms with Crippen LogP contribution in [0.5, 0.6) is 11.5 Å². The molecule has 2 aromatic rings. The summed E-state index contributed by atoms with van der Waals surface area (Å²) in [6, 6.07) is 6.24. The lowest BCUT2D eigenvalue weighted by molar-refractivity contribution is 0.173. The van der Waals surface area contributed by atoms with Crippen LogP contribution in [-0.2, 0) is 0 Å². The van der Waals surface area contributed by atoms with Gasteiger partial charge in [-0.05, 0) is 39.7 Å². The number of hydrogen-bond donors (Lipinski definition) is 1. The van der Waals surface area contributed by atoms with Gasteiger partial charge in [-0.25, -0.2) is 8.78 Å². The summed E-state index contributed by atoms with van der Waals surface area (Å²) in [5, 5.41) is 10.2. The molecule has 6 heteroatoms. The van der Waals surface area contributed by atoms with Gasteiger partial charge in [0.05, 0.1) is 4.47 Å². The number of aliphatic hydroxyl groups is 1. The molecule has 3 nitrogen and oxygen atoms in total. The van der Waals surface area contributed by atoms with Crippen molar-refractivity contribution in [1.29, 1.82) is 0 Å². The summed E-state index contributed by atoms with van der Waals surface area (Å²) in [5.41, 5.74) is 0.420. The summed E-state index contributed by atoms with van der Waals surface area (Å²) >= 11 is 3.30. The minimum Gasteiger partial charge on any atom is -0.454 e. The van der Waals surface area contributed by atoms with Crippen LogP contribution in [0.4, 0.5) is 8.78 Å². The molecule has 0 radical (unpaired) electrons. The van der Waals surface area contributed by atoms with Crippen LogP contribution in [0, 0.1) is 11.6 Å². The van der Waals surface area contributed by atoms with Gasteiger partial charge in [0.1, 0.15) is 17.7 Å². The third-order valence-electron chi connectivity index (χ3n) is 3.02. The summed E-state index contributed by atoms with van der Waals surface area (Å²) in [7, 11) is 0. The predicted molar refractivity (Wildman–Crippen MR) is 70.7 cm³/mol. The second-order valence-electron chi connectivity index (χ2n) is 4.30. The molecule has 0 aromatic heterocycles. The maximum absolute atomic E-state index is 13.7. The Balaban J connectivity index is 2.02. The van der Waals surface area contributed by atoms with Gasteiger partial charge >= 0.3 is 0 Å². The van der Waals surface area contributed by atoms with Crippen LogP contribution >= 0.6 is 15.9 Å². The van der Waals surface area contributed by atoms with E-state index in [9.17, 15) is 13.9 Å². The highest BCUT2D eigenvalue weighted by Crippen LogP contribution is 2.42. The van der Waals surface area contributed by atoms with Gasteiger partial charge in [-0.2, -0.15) is 0 Å². The number of hydrogen-bond acceptors (Lipinski definition) is 3. The lowest BCUT2D eigenvalue weighted by Crippen LogP contribution is -2.03. The average Bonchev–Trinajstić information content (AvgIpc) is 2.87. The minimum absolute atomic E-state index is 0.00262. The van der Waals surface area contributed by atoms with Crippen molar-refractivity contribution in [2.75, 3.05) is 6.79 Å². The van der Waals surface area contributed by atoms with Crippen molar-refractivity contribution in [3.8, 4) is 11.5 Å². The van der Waals surface area contributed by atoms with E-state index in [-0.39, 0.29) is 12.4 Å². The molecule has 3 rings (SSSR count). The number of rotatable bonds is 2. The summed E-state index contributed by atoms with van der Waals surface area (Å²) in [6.07, 6.45) is -1.22.